The third-order valence-electron chi connectivity index (χ3n) is 6.32. The highest BCUT2D eigenvalue weighted by atomic mass is 16.4. The van der Waals surface area contributed by atoms with E-state index < -0.39 is 5.97 Å². The number of aryl methyl sites for hydroxylation is 2. The molecule has 174 valence electrons. The lowest BCUT2D eigenvalue weighted by atomic mass is 9.98. The van der Waals surface area contributed by atoms with Crippen molar-refractivity contribution in [2.75, 3.05) is 0 Å². The van der Waals surface area contributed by atoms with Crippen molar-refractivity contribution >= 4 is 17.0 Å². The average Bonchev–Trinajstić information content (AvgIpc) is 3.22. The normalized spacial score (nSPS) is 11.1. The van der Waals surface area contributed by atoms with Gasteiger partial charge in [-0.05, 0) is 65.9 Å². The molecule has 0 aliphatic heterocycles. The molecule has 3 aromatic carbocycles. The van der Waals surface area contributed by atoms with Crippen LogP contribution in [-0.4, -0.2) is 25.6 Å². The number of hydrogen-bond donors (Lipinski definition) is 1. The quantitative estimate of drug-likeness (QED) is 0.290. The Labute approximate surface area is 204 Å². The van der Waals surface area contributed by atoms with Crippen LogP contribution >= 0.6 is 0 Å². The molecule has 0 spiro atoms. The Morgan fingerprint density at radius 1 is 0.943 bits per heavy atom. The van der Waals surface area contributed by atoms with E-state index in [4.69, 9.17) is 4.98 Å². The molecule has 5 heteroatoms. The fourth-order valence-corrected chi connectivity index (χ4v) is 4.61. The number of imidazole rings is 1. The van der Waals surface area contributed by atoms with Crippen LogP contribution in [-0.2, 0) is 13.0 Å². The summed E-state index contributed by atoms with van der Waals surface area (Å²) < 4.78 is 2.30. The highest BCUT2D eigenvalue weighted by Crippen LogP contribution is 2.29. The number of benzene rings is 3. The molecule has 0 amide bonds. The lowest BCUT2D eigenvalue weighted by Crippen LogP contribution is -2.05. The minimum Gasteiger partial charge on any atom is -0.478 e. The SMILES string of the molecule is CCCc1nc2c(C)cc(-c3ccccn3)cc2n1Cc1ccc(-c2ccccc2C(=O)O)cc1. The topological polar surface area (TPSA) is 68.0 Å². The molecule has 2 aromatic heterocycles. The van der Waals surface area contributed by atoms with E-state index in [2.05, 4.69) is 47.7 Å². The number of nitrogens with zero attached hydrogens (tertiary/aromatic N) is 3. The monoisotopic (exact) mass is 461 g/mol. The standard InChI is InChI=1S/C30H27N3O2/c1-3-8-28-32-29-20(2)17-23(26-11-6-7-16-31-26)18-27(29)33(28)19-21-12-14-22(15-13-21)24-9-4-5-10-25(24)30(34)35/h4-7,9-18H,3,8,19H2,1-2H3,(H,34,35). The van der Waals surface area contributed by atoms with E-state index in [-0.39, 0.29) is 0 Å². The number of carboxylic acid groups (broad SMARTS) is 1. The van der Waals surface area contributed by atoms with Crippen LogP contribution in [0, 0.1) is 6.92 Å². The third kappa shape index (κ3) is 4.45. The van der Waals surface area contributed by atoms with Gasteiger partial charge in [0.1, 0.15) is 5.82 Å². The highest BCUT2D eigenvalue weighted by molar-refractivity contribution is 5.96. The van der Waals surface area contributed by atoms with Crippen molar-refractivity contribution in [3.63, 3.8) is 0 Å². The molecule has 5 nitrogen and oxygen atoms in total. The highest BCUT2D eigenvalue weighted by Gasteiger charge is 2.15. The van der Waals surface area contributed by atoms with E-state index in [1.54, 1.807) is 12.1 Å². The van der Waals surface area contributed by atoms with E-state index in [1.807, 2.05) is 48.7 Å². The van der Waals surface area contributed by atoms with Gasteiger partial charge in [-0.1, -0.05) is 55.5 Å². The maximum atomic E-state index is 11.6. The van der Waals surface area contributed by atoms with Crippen LogP contribution in [0.2, 0.25) is 0 Å². The summed E-state index contributed by atoms with van der Waals surface area (Å²) in [6, 6.07) is 25.6. The molecule has 5 rings (SSSR count). The summed E-state index contributed by atoms with van der Waals surface area (Å²) in [5.41, 5.74) is 8.37. The summed E-state index contributed by atoms with van der Waals surface area (Å²) >= 11 is 0. The van der Waals surface area contributed by atoms with Gasteiger partial charge >= 0.3 is 5.97 Å². The predicted molar refractivity (Wildman–Crippen MR) is 140 cm³/mol. The number of carbonyl (C=O) groups is 1. The van der Waals surface area contributed by atoms with Crippen LogP contribution in [0.1, 0.15) is 40.7 Å². The number of aromatic carboxylic acids is 1. The van der Waals surface area contributed by atoms with Crippen molar-refractivity contribution in [3.05, 3.63) is 108 Å². The van der Waals surface area contributed by atoms with Crippen LogP contribution < -0.4 is 0 Å². The fourth-order valence-electron chi connectivity index (χ4n) is 4.61. The summed E-state index contributed by atoms with van der Waals surface area (Å²) in [5, 5.41) is 9.55. The fraction of sp³-hybridized carbons (Fsp3) is 0.167. The van der Waals surface area contributed by atoms with Crippen LogP contribution in [0.5, 0.6) is 0 Å². The maximum absolute atomic E-state index is 11.6. The second-order valence-corrected chi connectivity index (χ2v) is 8.79. The van der Waals surface area contributed by atoms with Crippen LogP contribution in [0.15, 0.2) is 85.1 Å². The van der Waals surface area contributed by atoms with Gasteiger partial charge in [0, 0.05) is 24.7 Å². The Morgan fingerprint density at radius 2 is 1.71 bits per heavy atom. The lowest BCUT2D eigenvalue weighted by Gasteiger charge is -2.12. The minimum absolute atomic E-state index is 0.309. The van der Waals surface area contributed by atoms with Gasteiger partial charge in [0.2, 0.25) is 0 Å². The Morgan fingerprint density at radius 3 is 2.43 bits per heavy atom. The molecule has 2 heterocycles. The second-order valence-electron chi connectivity index (χ2n) is 8.79. The summed E-state index contributed by atoms with van der Waals surface area (Å²) in [7, 11) is 0. The van der Waals surface area contributed by atoms with Gasteiger partial charge < -0.3 is 9.67 Å². The largest absolute Gasteiger partial charge is 0.478 e. The van der Waals surface area contributed by atoms with Gasteiger partial charge in [0.25, 0.3) is 0 Å². The first-order valence-corrected chi connectivity index (χ1v) is 11.9. The summed E-state index contributed by atoms with van der Waals surface area (Å²) in [5.74, 6) is 0.155. The number of pyridine rings is 1. The smallest absolute Gasteiger partial charge is 0.336 e. The molecule has 0 fully saturated rings. The molecule has 0 unspecified atom stereocenters. The van der Waals surface area contributed by atoms with Gasteiger partial charge in [-0.3, -0.25) is 4.98 Å². The van der Waals surface area contributed by atoms with Gasteiger partial charge in [0.15, 0.2) is 0 Å². The maximum Gasteiger partial charge on any atom is 0.336 e. The molecule has 0 saturated heterocycles. The van der Waals surface area contributed by atoms with Crippen molar-refractivity contribution in [1.82, 2.24) is 14.5 Å². The molecular formula is C30H27N3O2. The molecule has 0 radical (unpaired) electrons. The van der Waals surface area contributed by atoms with E-state index in [9.17, 15) is 9.90 Å². The van der Waals surface area contributed by atoms with Crippen LogP contribution in [0.3, 0.4) is 0 Å². The second kappa shape index (κ2) is 9.55. The van der Waals surface area contributed by atoms with Gasteiger partial charge in [-0.15, -0.1) is 0 Å². The summed E-state index contributed by atoms with van der Waals surface area (Å²) in [6.45, 7) is 4.97. The summed E-state index contributed by atoms with van der Waals surface area (Å²) in [6.07, 6.45) is 3.73. The van der Waals surface area contributed by atoms with Crippen LogP contribution in [0.25, 0.3) is 33.4 Å². The number of hydrogen-bond acceptors (Lipinski definition) is 3. The van der Waals surface area contributed by atoms with Crippen LogP contribution in [0.4, 0.5) is 0 Å². The van der Waals surface area contributed by atoms with Gasteiger partial charge in [-0.2, -0.15) is 0 Å². The van der Waals surface area contributed by atoms with E-state index in [0.29, 0.717) is 12.1 Å². The molecule has 0 saturated carbocycles. The Hall–Kier alpha value is -4.25. The first-order chi connectivity index (χ1) is 17.0. The molecular weight excluding hydrogens is 434 g/mol. The number of aromatic nitrogens is 3. The minimum atomic E-state index is -0.919. The average molecular weight is 462 g/mol. The van der Waals surface area contributed by atoms with Crippen molar-refractivity contribution in [1.29, 1.82) is 0 Å². The van der Waals surface area contributed by atoms with E-state index >= 15 is 0 Å². The first-order valence-electron chi connectivity index (χ1n) is 11.9. The van der Waals surface area contributed by atoms with E-state index in [1.165, 1.54) is 0 Å². The zero-order valence-corrected chi connectivity index (χ0v) is 19.9. The molecule has 5 aromatic rings. The molecule has 0 bridgehead atoms. The van der Waals surface area contributed by atoms with Crippen molar-refractivity contribution in [2.45, 2.75) is 33.2 Å². The zero-order valence-electron chi connectivity index (χ0n) is 19.9. The van der Waals surface area contributed by atoms with Crippen molar-refractivity contribution in [3.8, 4) is 22.4 Å². The van der Waals surface area contributed by atoms with Crippen molar-refractivity contribution in [2.24, 2.45) is 0 Å². The van der Waals surface area contributed by atoms with Gasteiger partial charge in [0.05, 0.1) is 22.3 Å². The lowest BCUT2D eigenvalue weighted by molar-refractivity contribution is 0.0697. The zero-order chi connectivity index (χ0) is 24.4. The third-order valence-corrected chi connectivity index (χ3v) is 6.32. The molecule has 0 atom stereocenters. The number of fused-ring (bicyclic) bond motifs is 1. The number of rotatable bonds is 7. The first kappa shape index (κ1) is 22.5. The molecule has 35 heavy (non-hydrogen) atoms. The Kier molecular flexibility index (Phi) is 6.15. The predicted octanol–water partition coefficient (Wildman–Crippen LogP) is 6.77. The molecule has 1 N–H and O–H groups in total. The number of carboxylic acids is 1. The summed E-state index contributed by atoms with van der Waals surface area (Å²) in [4.78, 5) is 21.2. The van der Waals surface area contributed by atoms with Crippen molar-refractivity contribution < 1.29 is 9.90 Å². The Bertz CT molecular complexity index is 1500. The molecule has 0 aliphatic rings. The molecule has 0 aliphatic carbocycles. The van der Waals surface area contributed by atoms with E-state index in [0.717, 1.165) is 63.2 Å². The Balaban J connectivity index is 1.55. The van der Waals surface area contributed by atoms with Gasteiger partial charge in [-0.25, -0.2) is 9.78 Å².